The van der Waals surface area contributed by atoms with Gasteiger partial charge in [-0.1, -0.05) is 37.3 Å². The third kappa shape index (κ3) is 3.87. The van der Waals surface area contributed by atoms with Gasteiger partial charge < -0.3 is 10.1 Å². The van der Waals surface area contributed by atoms with Crippen LogP contribution in [0.1, 0.15) is 30.6 Å². The molecular formula is C19H19N3O2. The first-order chi connectivity index (χ1) is 11.8. The first kappa shape index (κ1) is 15.9. The van der Waals surface area contributed by atoms with Gasteiger partial charge in [0.25, 0.3) is 0 Å². The molecule has 5 nitrogen and oxygen atoms in total. The van der Waals surface area contributed by atoms with Gasteiger partial charge in [-0.2, -0.15) is 0 Å². The van der Waals surface area contributed by atoms with Gasteiger partial charge in [-0.25, -0.2) is 14.8 Å². The van der Waals surface area contributed by atoms with Gasteiger partial charge in [-0.05, 0) is 36.2 Å². The van der Waals surface area contributed by atoms with Crippen molar-refractivity contribution in [1.82, 2.24) is 15.3 Å². The van der Waals surface area contributed by atoms with Crippen LogP contribution in [0.2, 0.25) is 0 Å². The van der Waals surface area contributed by atoms with E-state index in [4.69, 9.17) is 4.74 Å². The number of rotatable bonds is 5. The minimum absolute atomic E-state index is 0.209. The predicted molar refractivity (Wildman–Crippen MR) is 92.3 cm³/mol. The molecule has 1 amide bonds. The predicted octanol–water partition coefficient (Wildman–Crippen LogP) is 4.01. The second-order valence-corrected chi connectivity index (χ2v) is 5.45. The van der Waals surface area contributed by atoms with Crippen LogP contribution >= 0.6 is 0 Å². The fraction of sp³-hybridized carbons (Fsp3) is 0.211. The number of alkyl carbamates (subject to hydrolysis) is 1. The lowest BCUT2D eigenvalue weighted by Gasteiger charge is -2.16. The Kier molecular flexibility index (Phi) is 5.01. The van der Waals surface area contributed by atoms with Gasteiger partial charge >= 0.3 is 6.09 Å². The highest BCUT2D eigenvalue weighted by Gasteiger charge is 2.15. The number of carbonyl (C=O) groups excluding carboxylic acids is 1. The lowest BCUT2D eigenvalue weighted by atomic mass is 10.1. The van der Waals surface area contributed by atoms with E-state index in [1.165, 1.54) is 0 Å². The van der Waals surface area contributed by atoms with Crippen molar-refractivity contribution < 1.29 is 9.53 Å². The summed E-state index contributed by atoms with van der Waals surface area (Å²) in [5.74, 6) is 0. The topological polar surface area (TPSA) is 64.1 Å². The van der Waals surface area contributed by atoms with Gasteiger partial charge in [0.15, 0.2) is 5.65 Å². The molecule has 3 rings (SSSR count). The van der Waals surface area contributed by atoms with Crippen LogP contribution in [0.3, 0.4) is 0 Å². The van der Waals surface area contributed by atoms with Crippen LogP contribution in [0.4, 0.5) is 4.79 Å². The lowest BCUT2D eigenvalue weighted by Crippen LogP contribution is -2.29. The van der Waals surface area contributed by atoms with Crippen molar-refractivity contribution in [2.24, 2.45) is 0 Å². The number of ether oxygens (including phenoxy) is 1. The second kappa shape index (κ2) is 7.55. The average Bonchev–Trinajstić information content (AvgIpc) is 2.65. The first-order valence-corrected chi connectivity index (χ1v) is 7.95. The number of aromatic nitrogens is 2. The quantitative estimate of drug-likeness (QED) is 0.771. The normalized spacial score (nSPS) is 11.9. The number of nitrogens with one attached hydrogen (secondary N) is 1. The minimum Gasteiger partial charge on any atom is -0.445 e. The largest absolute Gasteiger partial charge is 0.445 e. The van der Waals surface area contributed by atoms with E-state index in [1.807, 2.05) is 61.5 Å². The van der Waals surface area contributed by atoms with Crippen LogP contribution in [-0.4, -0.2) is 16.1 Å². The van der Waals surface area contributed by atoms with Crippen molar-refractivity contribution in [3.63, 3.8) is 0 Å². The second-order valence-electron chi connectivity index (χ2n) is 5.45. The highest BCUT2D eigenvalue weighted by atomic mass is 16.5. The number of fused-ring (bicyclic) bond motifs is 1. The molecule has 0 spiro atoms. The zero-order valence-electron chi connectivity index (χ0n) is 13.5. The maximum Gasteiger partial charge on any atom is 0.408 e. The van der Waals surface area contributed by atoms with Crippen molar-refractivity contribution in [2.45, 2.75) is 26.0 Å². The highest BCUT2D eigenvalue weighted by molar-refractivity contribution is 5.74. The molecule has 0 saturated heterocycles. The first-order valence-electron chi connectivity index (χ1n) is 7.95. The van der Waals surface area contributed by atoms with Crippen LogP contribution in [-0.2, 0) is 11.3 Å². The maximum absolute atomic E-state index is 12.0. The Bertz CT molecular complexity index is 821. The van der Waals surface area contributed by atoms with Crippen molar-refractivity contribution in [1.29, 1.82) is 0 Å². The van der Waals surface area contributed by atoms with Crippen LogP contribution in [0.5, 0.6) is 0 Å². The molecule has 3 aromatic rings. The Hall–Kier alpha value is -2.95. The van der Waals surface area contributed by atoms with Gasteiger partial charge in [0.1, 0.15) is 6.61 Å². The van der Waals surface area contributed by atoms with E-state index < -0.39 is 6.09 Å². The molecule has 1 atom stereocenters. The van der Waals surface area contributed by atoms with E-state index in [1.54, 1.807) is 6.20 Å². The molecule has 0 aliphatic rings. The average molecular weight is 321 g/mol. The number of amides is 1. The molecule has 1 N–H and O–H groups in total. The van der Waals surface area contributed by atoms with Crippen LogP contribution in [0, 0.1) is 0 Å². The highest BCUT2D eigenvalue weighted by Crippen LogP contribution is 2.18. The number of hydrogen-bond acceptors (Lipinski definition) is 4. The molecule has 5 heteroatoms. The summed E-state index contributed by atoms with van der Waals surface area (Å²) < 4.78 is 5.28. The molecule has 0 bridgehead atoms. The van der Waals surface area contributed by atoms with Crippen molar-refractivity contribution >= 4 is 17.1 Å². The zero-order chi connectivity index (χ0) is 16.8. The number of benzene rings is 1. The van der Waals surface area contributed by atoms with E-state index in [9.17, 15) is 4.79 Å². The summed E-state index contributed by atoms with van der Waals surface area (Å²) in [4.78, 5) is 20.8. The lowest BCUT2D eigenvalue weighted by molar-refractivity contribution is 0.135. The van der Waals surface area contributed by atoms with E-state index in [2.05, 4.69) is 15.3 Å². The van der Waals surface area contributed by atoms with Gasteiger partial charge in [0, 0.05) is 11.6 Å². The Labute approximate surface area is 140 Å². The fourth-order valence-corrected chi connectivity index (χ4v) is 2.45. The van der Waals surface area contributed by atoms with E-state index in [0.717, 1.165) is 16.6 Å². The molecule has 0 radical (unpaired) electrons. The number of carbonyl (C=O) groups is 1. The van der Waals surface area contributed by atoms with Gasteiger partial charge in [-0.3, -0.25) is 0 Å². The third-order valence-corrected chi connectivity index (χ3v) is 3.76. The molecule has 1 aromatic carbocycles. The number of pyridine rings is 2. The molecule has 122 valence electrons. The van der Waals surface area contributed by atoms with Gasteiger partial charge in [0.2, 0.25) is 0 Å². The minimum atomic E-state index is -0.450. The summed E-state index contributed by atoms with van der Waals surface area (Å²) in [6.45, 7) is 2.24. The Morgan fingerprint density at radius 1 is 1.12 bits per heavy atom. The van der Waals surface area contributed by atoms with Gasteiger partial charge in [-0.15, -0.1) is 0 Å². The smallest absolute Gasteiger partial charge is 0.408 e. The molecule has 24 heavy (non-hydrogen) atoms. The van der Waals surface area contributed by atoms with E-state index in [-0.39, 0.29) is 12.6 Å². The molecule has 2 heterocycles. The molecule has 0 saturated carbocycles. The summed E-state index contributed by atoms with van der Waals surface area (Å²) in [6.07, 6.45) is 1.97. The summed E-state index contributed by atoms with van der Waals surface area (Å²) in [7, 11) is 0. The number of nitrogens with zero attached hydrogens (tertiary/aromatic N) is 2. The Morgan fingerprint density at radius 2 is 1.96 bits per heavy atom. The molecule has 0 aliphatic heterocycles. The van der Waals surface area contributed by atoms with Crippen LogP contribution < -0.4 is 5.32 Å². The summed E-state index contributed by atoms with van der Waals surface area (Å²) in [5, 5.41) is 3.84. The van der Waals surface area contributed by atoms with E-state index >= 15 is 0 Å². The van der Waals surface area contributed by atoms with Crippen molar-refractivity contribution in [2.75, 3.05) is 0 Å². The summed E-state index contributed by atoms with van der Waals surface area (Å²) >= 11 is 0. The summed E-state index contributed by atoms with van der Waals surface area (Å²) in [5.41, 5.74) is 2.40. The molecule has 0 fully saturated rings. The zero-order valence-corrected chi connectivity index (χ0v) is 13.5. The molecule has 1 unspecified atom stereocenters. The SMILES string of the molecule is CCC(NC(=O)OCc1ccccc1)c1ccc2cccnc2n1. The molecule has 2 aromatic heterocycles. The Morgan fingerprint density at radius 3 is 2.75 bits per heavy atom. The summed E-state index contributed by atoms with van der Waals surface area (Å²) in [6, 6.07) is 17.1. The molecular weight excluding hydrogens is 302 g/mol. The monoisotopic (exact) mass is 321 g/mol. The van der Waals surface area contributed by atoms with Crippen LogP contribution in [0.25, 0.3) is 11.0 Å². The standard InChI is InChI=1S/C19H19N3O2/c1-2-16(17-11-10-15-9-6-12-20-18(15)21-17)22-19(23)24-13-14-7-4-3-5-8-14/h3-12,16H,2,13H2,1H3,(H,22,23). The van der Waals surface area contributed by atoms with E-state index in [0.29, 0.717) is 12.1 Å². The third-order valence-electron chi connectivity index (χ3n) is 3.76. The maximum atomic E-state index is 12.0. The fourth-order valence-electron chi connectivity index (χ4n) is 2.45. The Balaban J connectivity index is 1.65. The van der Waals surface area contributed by atoms with Crippen molar-refractivity contribution in [3.05, 3.63) is 72.1 Å². The number of hydrogen-bond donors (Lipinski definition) is 1. The van der Waals surface area contributed by atoms with Crippen molar-refractivity contribution in [3.8, 4) is 0 Å². The van der Waals surface area contributed by atoms with Crippen LogP contribution in [0.15, 0.2) is 60.8 Å². The molecule has 0 aliphatic carbocycles. The van der Waals surface area contributed by atoms with Gasteiger partial charge in [0.05, 0.1) is 11.7 Å².